The maximum absolute atomic E-state index is 12.7. The quantitative estimate of drug-likeness (QED) is 0.579. The fraction of sp³-hybridized carbons (Fsp3) is 0.235. The van der Waals surface area contributed by atoms with Gasteiger partial charge in [0.1, 0.15) is 9.22 Å². The molecule has 2 aromatic heterocycles. The van der Waals surface area contributed by atoms with E-state index in [1.165, 1.54) is 22.7 Å². The van der Waals surface area contributed by atoms with Gasteiger partial charge in [-0.15, -0.1) is 22.7 Å². The number of halogens is 1. The van der Waals surface area contributed by atoms with E-state index in [2.05, 4.69) is 23.6 Å². The summed E-state index contributed by atoms with van der Waals surface area (Å²) >= 11 is 8.67. The van der Waals surface area contributed by atoms with Crippen molar-refractivity contribution >= 4 is 50.0 Å². The number of rotatable bonds is 5. The van der Waals surface area contributed by atoms with E-state index in [1.807, 2.05) is 17.7 Å². The first-order chi connectivity index (χ1) is 11.8. The first-order valence-corrected chi connectivity index (χ1v) is 11.2. The van der Waals surface area contributed by atoms with Crippen molar-refractivity contribution < 1.29 is 8.42 Å². The molecule has 25 heavy (non-hydrogen) atoms. The van der Waals surface area contributed by atoms with Gasteiger partial charge in [-0.2, -0.15) is 0 Å². The lowest BCUT2D eigenvalue weighted by molar-refractivity contribution is 0.603. The molecule has 0 unspecified atom stereocenters. The van der Waals surface area contributed by atoms with Gasteiger partial charge in [0.2, 0.25) is 0 Å². The van der Waals surface area contributed by atoms with E-state index in [1.54, 1.807) is 24.3 Å². The normalized spacial score (nSPS) is 11.9. The van der Waals surface area contributed by atoms with Gasteiger partial charge in [0.05, 0.1) is 11.4 Å². The van der Waals surface area contributed by atoms with E-state index in [0.29, 0.717) is 16.6 Å². The van der Waals surface area contributed by atoms with E-state index in [4.69, 9.17) is 11.6 Å². The summed E-state index contributed by atoms with van der Waals surface area (Å²) in [5, 5.41) is 5.15. The average Bonchev–Trinajstić information content (AvgIpc) is 3.19. The number of thiophene rings is 1. The number of anilines is 1. The molecule has 132 valence electrons. The highest BCUT2D eigenvalue weighted by atomic mass is 35.5. The first kappa shape index (κ1) is 18.4. The third-order valence-electron chi connectivity index (χ3n) is 3.64. The highest BCUT2D eigenvalue weighted by Gasteiger charge is 2.19. The summed E-state index contributed by atoms with van der Waals surface area (Å²) in [6.07, 6.45) is 0. The standard InChI is InChI=1S/C17H17ClN2O2S3/c1-10(2)15-9-24-17(19-15)12-6-16(23-8-12)25(21,22)20-14-7-13(18)5-4-11(14)3/h4-10,20H,1-3H3. The van der Waals surface area contributed by atoms with Gasteiger partial charge >= 0.3 is 0 Å². The number of nitrogens with one attached hydrogen (secondary N) is 1. The van der Waals surface area contributed by atoms with E-state index in [9.17, 15) is 8.42 Å². The second-order valence-corrected chi connectivity index (χ2v) is 10.1. The Morgan fingerprint density at radius 2 is 1.92 bits per heavy atom. The molecule has 0 spiro atoms. The maximum atomic E-state index is 12.7. The Bertz CT molecular complexity index is 1010. The monoisotopic (exact) mass is 412 g/mol. The summed E-state index contributed by atoms with van der Waals surface area (Å²) in [7, 11) is -3.66. The molecule has 1 aromatic carbocycles. The number of aromatic nitrogens is 1. The van der Waals surface area contributed by atoms with Crippen LogP contribution in [0.15, 0.2) is 39.2 Å². The van der Waals surface area contributed by atoms with Crippen LogP contribution in [0.2, 0.25) is 5.02 Å². The van der Waals surface area contributed by atoms with Crippen LogP contribution in [0, 0.1) is 6.92 Å². The highest BCUT2D eigenvalue weighted by molar-refractivity contribution is 7.94. The lowest BCUT2D eigenvalue weighted by Crippen LogP contribution is -2.12. The average molecular weight is 413 g/mol. The van der Waals surface area contributed by atoms with E-state index in [0.717, 1.165) is 21.8 Å². The number of nitrogens with zero attached hydrogens (tertiary/aromatic N) is 1. The molecule has 0 aliphatic heterocycles. The molecule has 0 bridgehead atoms. The molecule has 0 amide bonds. The van der Waals surface area contributed by atoms with Crippen molar-refractivity contribution in [2.24, 2.45) is 0 Å². The molecular weight excluding hydrogens is 396 g/mol. The molecule has 2 heterocycles. The van der Waals surface area contributed by atoms with Gasteiger partial charge in [-0.05, 0) is 36.6 Å². The fourth-order valence-corrected chi connectivity index (χ4v) is 5.65. The summed E-state index contributed by atoms with van der Waals surface area (Å²) < 4.78 is 28.2. The second kappa shape index (κ2) is 7.07. The fourth-order valence-electron chi connectivity index (χ4n) is 2.15. The summed E-state index contributed by atoms with van der Waals surface area (Å²) in [6, 6.07) is 6.78. The van der Waals surface area contributed by atoms with Gasteiger partial charge < -0.3 is 0 Å². The van der Waals surface area contributed by atoms with Crippen molar-refractivity contribution in [3.8, 4) is 10.6 Å². The number of sulfonamides is 1. The van der Waals surface area contributed by atoms with Crippen LogP contribution in [-0.2, 0) is 10.0 Å². The molecule has 3 rings (SSSR count). The Morgan fingerprint density at radius 1 is 1.16 bits per heavy atom. The lowest BCUT2D eigenvalue weighted by Gasteiger charge is -2.09. The number of hydrogen-bond donors (Lipinski definition) is 1. The van der Waals surface area contributed by atoms with Crippen LogP contribution in [0.1, 0.15) is 31.0 Å². The van der Waals surface area contributed by atoms with Gasteiger partial charge in [-0.3, -0.25) is 4.72 Å². The molecule has 0 atom stereocenters. The topological polar surface area (TPSA) is 59.1 Å². The summed E-state index contributed by atoms with van der Waals surface area (Å²) in [5.41, 5.74) is 3.14. The molecule has 0 aliphatic rings. The molecule has 8 heteroatoms. The van der Waals surface area contributed by atoms with Crippen molar-refractivity contribution in [3.05, 3.63) is 51.3 Å². The van der Waals surface area contributed by atoms with Crippen LogP contribution in [0.5, 0.6) is 0 Å². The van der Waals surface area contributed by atoms with Crippen LogP contribution < -0.4 is 4.72 Å². The van der Waals surface area contributed by atoms with Crippen LogP contribution in [0.3, 0.4) is 0 Å². The minimum absolute atomic E-state index is 0.253. The zero-order chi connectivity index (χ0) is 18.2. The summed E-state index contributed by atoms with van der Waals surface area (Å²) in [5.74, 6) is 0.347. The second-order valence-electron chi connectivity index (χ2n) is 5.95. The van der Waals surface area contributed by atoms with Gasteiger partial charge in [0.15, 0.2) is 0 Å². The van der Waals surface area contributed by atoms with Gasteiger partial charge in [0, 0.05) is 21.3 Å². The van der Waals surface area contributed by atoms with Crippen molar-refractivity contribution in [2.75, 3.05) is 4.72 Å². The number of thiazole rings is 1. The van der Waals surface area contributed by atoms with Crippen LogP contribution in [0.4, 0.5) is 5.69 Å². The molecular formula is C17H17ClN2O2S3. The molecule has 3 aromatic rings. The van der Waals surface area contributed by atoms with Gasteiger partial charge in [-0.25, -0.2) is 13.4 Å². The number of hydrogen-bond acceptors (Lipinski definition) is 5. The summed E-state index contributed by atoms with van der Waals surface area (Å²) in [4.78, 5) is 4.58. The minimum Gasteiger partial charge on any atom is -0.279 e. The van der Waals surface area contributed by atoms with Crippen molar-refractivity contribution in [2.45, 2.75) is 30.9 Å². The smallest absolute Gasteiger partial charge is 0.271 e. The van der Waals surface area contributed by atoms with Gasteiger partial charge in [-0.1, -0.05) is 31.5 Å². The molecule has 1 N–H and O–H groups in total. The third-order valence-corrected chi connectivity index (χ3v) is 7.59. The zero-order valence-electron chi connectivity index (χ0n) is 13.9. The van der Waals surface area contributed by atoms with Gasteiger partial charge in [0.25, 0.3) is 10.0 Å². The Labute approximate surface area is 160 Å². The Morgan fingerprint density at radius 3 is 2.60 bits per heavy atom. The molecule has 0 fully saturated rings. The Balaban J connectivity index is 1.88. The number of benzene rings is 1. The SMILES string of the molecule is Cc1ccc(Cl)cc1NS(=O)(=O)c1cc(-c2nc(C(C)C)cs2)cs1. The Kier molecular flexibility index (Phi) is 5.20. The molecule has 0 saturated carbocycles. The maximum Gasteiger partial charge on any atom is 0.271 e. The van der Waals surface area contributed by atoms with Crippen molar-refractivity contribution in [1.29, 1.82) is 0 Å². The van der Waals surface area contributed by atoms with Crippen molar-refractivity contribution in [1.82, 2.24) is 4.98 Å². The zero-order valence-corrected chi connectivity index (χ0v) is 17.1. The van der Waals surface area contributed by atoms with Crippen LogP contribution in [-0.4, -0.2) is 13.4 Å². The third kappa shape index (κ3) is 4.06. The predicted octanol–water partition coefficient (Wildman–Crippen LogP) is 5.76. The van der Waals surface area contributed by atoms with Crippen LogP contribution in [0.25, 0.3) is 10.6 Å². The van der Waals surface area contributed by atoms with Crippen molar-refractivity contribution in [3.63, 3.8) is 0 Å². The van der Waals surface area contributed by atoms with E-state index >= 15 is 0 Å². The van der Waals surface area contributed by atoms with E-state index in [-0.39, 0.29) is 4.21 Å². The van der Waals surface area contributed by atoms with E-state index < -0.39 is 10.0 Å². The highest BCUT2D eigenvalue weighted by Crippen LogP contribution is 2.33. The molecule has 0 radical (unpaired) electrons. The number of aryl methyl sites for hydroxylation is 1. The molecule has 0 saturated heterocycles. The largest absolute Gasteiger partial charge is 0.279 e. The molecule has 0 aliphatic carbocycles. The van der Waals surface area contributed by atoms with Crippen LogP contribution >= 0.6 is 34.3 Å². The predicted molar refractivity (Wildman–Crippen MR) is 107 cm³/mol. The summed E-state index contributed by atoms with van der Waals surface area (Å²) in [6.45, 7) is 6.00. The lowest BCUT2D eigenvalue weighted by atomic mass is 10.2. The minimum atomic E-state index is -3.66. The Hall–Kier alpha value is -1.41. The first-order valence-electron chi connectivity index (χ1n) is 7.59. The molecule has 4 nitrogen and oxygen atoms in total.